The van der Waals surface area contributed by atoms with Crippen molar-refractivity contribution in [3.05, 3.63) is 51.5 Å². The van der Waals surface area contributed by atoms with E-state index in [1.165, 1.54) is 6.20 Å². The van der Waals surface area contributed by atoms with Crippen molar-refractivity contribution in [3.8, 4) is 11.5 Å². The van der Waals surface area contributed by atoms with Crippen LogP contribution in [0, 0.1) is 5.82 Å². The van der Waals surface area contributed by atoms with Gasteiger partial charge >= 0.3 is 0 Å². The molecule has 10 heteroatoms. The first-order valence-electron chi connectivity index (χ1n) is 7.98. The van der Waals surface area contributed by atoms with Gasteiger partial charge < -0.3 is 4.74 Å². The first-order chi connectivity index (χ1) is 12.6. The number of rotatable bonds is 5. The number of halogens is 3. The maximum atomic E-state index is 14.2. The van der Waals surface area contributed by atoms with Crippen LogP contribution in [-0.4, -0.2) is 25.6 Å². The predicted molar refractivity (Wildman–Crippen MR) is 99.6 cm³/mol. The van der Waals surface area contributed by atoms with E-state index in [-0.39, 0.29) is 16.5 Å². The smallest absolute Gasteiger partial charge is 0.267 e. The van der Waals surface area contributed by atoms with Crippen molar-refractivity contribution in [2.45, 2.75) is 25.2 Å². The summed E-state index contributed by atoms with van der Waals surface area (Å²) in [5, 5.41) is 0.382. The summed E-state index contributed by atoms with van der Waals surface area (Å²) in [5.41, 5.74) is 0.287. The summed E-state index contributed by atoms with van der Waals surface area (Å²) < 4.78 is 43.7. The highest BCUT2D eigenvalue weighted by Crippen LogP contribution is 2.40. The molecule has 1 fully saturated rings. The van der Waals surface area contributed by atoms with Gasteiger partial charge in [0.25, 0.3) is 5.91 Å². The zero-order valence-corrected chi connectivity index (χ0v) is 16.5. The molecule has 1 saturated carbocycles. The fourth-order valence-electron chi connectivity index (χ4n) is 2.60. The molecule has 144 valence electrons. The minimum absolute atomic E-state index is 0.0562. The second-order valence-corrected chi connectivity index (χ2v) is 8.80. The largest absolute Gasteiger partial charge is 0.454 e. The zero-order valence-electron chi connectivity index (χ0n) is 14.1. The number of carbonyl (C=O) groups excluding carboxylic acids is 1. The van der Waals surface area contributed by atoms with E-state index in [1.807, 2.05) is 0 Å². The molecule has 0 saturated heterocycles. The van der Waals surface area contributed by atoms with Crippen LogP contribution in [0.2, 0.25) is 10.0 Å². The molecule has 3 rings (SSSR count). The molecular weight excluding hydrogens is 418 g/mol. The quantitative estimate of drug-likeness (QED) is 0.761. The number of nitrogens with zero attached hydrogens (tertiary/aromatic N) is 1. The molecule has 1 amide bonds. The van der Waals surface area contributed by atoms with Gasteiger partial charge in [0.15, 0.2) is 0 Å². The van der Waals surface area contributed by atoms with E-state index in [0.717, 1.165) is 43.3 Å². The second kappa shape index (κ2) is 7.61. The number of hydrogen-bond donors (Lipinski definition) is 1. The van der Waals surface area contributed by atoms with Crippen LogP contribution in [0.3, 0.4) is 0 Å². The topological polar surface area (TPSA) is 85.4 Å². The van der Waals surface area contributed by atoms with Crippen LogP contribution in [0.1, 0.15) is 41.2 Å². The zero-order chi connectivity index (χ0) is 19.8. The molecule has 0 aliphatic heterocycles. The molecule has 1 heterocycles. The molecule has 27 heavy (non-hydrogen) atoms. The average Bonchev–Trinajstić information content (AvgIpc) is 2.49. The van der Waals surface area contributed by atoms with Gasteiger partial charge in [-0.2, -0.15) is 0 Å². The molecule has 1 aromatic carbocycles. The third kappa shape index (κ3) is 4.69. The van der Waals surface area contributed by atoms with E-state index in [4.69, 9.17) is 27.9 Å². The van der Waals surface area contributed by atoms with E-state index < -0.39 is 27.3 Å². The van der Waals surface area contributed by atoms with Crippen molar-refractivity contribution in [2.75, 3.05) is 6.26 Å². The molecule has 0 spiro atoms. The van der Waals surface area contributed by atoms with Crippen molar-refractivity contribution in [1.29, 1.82) is 0 Å². The van der Waals surface area contributed by atoms with E-state index in [1.54, 1.807) is 10.8 Å². The normalized spacial score (nSPS) is 14.5. The summed E-state index contributed by atoms with van der Waals surface area (Å²) in [6.45, 7) is 0. The third-order valence-corrected chi connectivity index (χ3v) is 5.26. The number of nitrogens with one attached hydrogen (secondary N) is 1. The lowest BCUT2D eigenvalue weighted by molar-refractivity contribution is 0.0977. The maximum absolute atomic E-state index is 14.2. The lowest BCUT2D eigenvalue weighted by atomic mass is 9.83. The molecule has 0 bridgehead atoms. The number of benzene rings is 1. The summed E-state index contributed by atoms with van der Waals surface area (Å²) in [4.78, 5) is 16.1. The summed E-state index contributed by atoms with van der Waals surface area (Å²) in [6.07, 6.45) is 5.49. The number of sulfonamides is 1. The number of hydrogen-bond acceptors (Lipinski definition) is 5. The van der Waals surface area contributed by atoms with Crippen LogP contribution in [0.5, 0.6) is 11.5 Å². The molecule has 1 aliphatic rings. The Kier molecular flexibility index (Phi) is 5.60. The summed E-state index contributed by atoms with van der Waals surface area (Å²) >= 11 is 12.3. The Morgan fingerprint density at radius 1 is 1.26 bits per heavy atom. The van der Waals surface area contributed by atoms with E-state index in [9.17, 15) is 17.6 Å². The molecule has 1 aliphatic carbocycles. The lowest BCUT2D eigenvalue weighted by Crippen LogP contribution is -2.30. The first kappa shape index (κ1) is 19.9. The van der Waals surface area contributed by atoms with Crippen LogP contribution >= 0.6 is 23.2 Å². The van der Waals surface area contributed by atoms with Crippen molar-refractivity contribution in [3.63, 3.8) is 0 Å². The van der Waals surface area contributed by atoms with Crippen molar-refractivity contribution < 1.29 is 22.3 Å². The molecule has 0 atom stereocenters. The number of carbonyl (C=O) groups is 1. The van der Waals surface area contributed by atoms with Crippen molar-refractivity contribution in [2.24, 2.45) is 0 Å². The fourth-order valence-corrected chi connectivity index (χ4v) is 3.56. The van der Waals surface area contributed by atoms with Gasteiger partial charge in [-0.1, -0.05) is 29.6 Å². The van der Waals surface area contributed by atoms with Crippen LogP contribution < -0.4 is 9.46 Å². The highest BCUT2D eigenvalue weighted by atomic mass is 35.5. The maximum Gasteiger partial charge on any atom is 0.267 e. The minimum Gasteiger partial charge on any atom is -0.454 e. The average molecular weight is 433 g/mol. The highest BCUT2D eigenvalue weighted by molar-refractivity contribution is 7.89. The Hall–Kier alpha value is -1.90. The Morgan fingerprint density at radius 2 is 1.96 bits per heavy atom. The molecule has 0 unspecified atom stereocenters. The summed E-state index contributed by atoms with van der Waals surface area (Å²) in [6, 6.07) is 3.46. The Labute approximate surface area is 165 Å². The van der Waals surface area contributed by atoms with Gasteiger partial charge in [-0.25, -0.2) is 17.5 Å². The Morgan fingerprint density at radius 3 is 2.52 bits per heavy atom. The molecule has 1 N–H and O–H groups in total. The third-order valence-electron chi connectivity index (χ3n) is 4.11. The molecule has 0 radical (unpaired) electrons. The lowest BCUT2D eigenvalue weighted by Gasteiger charge is -2.25. The number of pyridine rings is 1. The van der Waals surface area contributed by atoms with Gasteiger partial charge in [-0.15, -0.1) is 0 Å². The SMILES string of the molecule is CS(=O)(=O)NC(=O)c1cc(Cl)c(Oc2cnc(C3CCC3)c(Cl)c2)cc1F. The summed E-state index contributed by atoms with van der Waals surface area (Å²) in [5.74, 6) is -1.56. The molecule has 2 aromatic rings. The minimum atomic E-state index is -3.84. The number of ether oxygens (including phenoxy) is 1. The van der Waals surface area contributed by atoms with Crippen molar-refractivity contribution in [1.82, 2.24) is 9.71 Å². The van der Waals surface area contributed by atoms with E-state index >= 15 is 0 Å². The van der Waals surface area contributed by atoms with Crippen LogP contribution in [0.4, 0.5) is 4.39 Å². The first-order valence-corrected chi connectivity index (χ1v) is 10.6. The molecule has 6 nitrogen and oxygen atoms in total. The fraction of sp³-hybridized carbons (Fsp3) is 0.294. The molecular formula is C17H15Cl2FN2O4S. The van der Waals surface area contributed by atoms with Crippen molar-refractivity contribution >= 4 is 39.1 Å². The van der Waals surface area contributed by atoms with Crippen LogP contribution in [-0.2, 0) is 10.0 Å². The number of aromatic nitrogens is 1. The predicted octanol–water partition coefficient (Wildman–Crippen LogP) is 4.28. The van der Waals surface area contributed by atoms with Gasteiger partial charge in [-0.05, 0) is 18.9 Å². The molecule has 1 aromatic heterocycles. The number of amides is 1. The Bertz CT molecular complexity index is 1010. The Balaban J connectivity index is 1.82. The van der Waals surface area contributed by atoms with Gasteiger partial charge in [0, 0.05) is 18.1 Å². The highest BCUT2D eigenvalue weighted by Gasteiger charge is 2.24. The van der Waals surface area contributed by atoms with Gasteiger partial charge in [-0.3, -0.25) is 9.78 Å². The van der Waals surface area contributed by atoms with Crippen LogP contribution in [0.25, 0.3) is 0 Å². The van der Waals surface area contributed by atoms with E-state index in [2.05, 4.69) is 4.98 Å². The van der Waals surface area contributed by atoms with E-state index in [0.29, 0.717) is 10.9 Å². The van der Waals surface area contributed by atoms with Gasteiger partial charge in [0.05, 0.1) is 33.8 Å². The van der Waals surface area contributed by atoms with Gasteiger partial charge in [0.1, 0.15) is 17.3 Å². The second-order valence-electron chi connectivity index (χ2n) is 6.23. The monoisotopic (exact) mass is 432 g/mol. The standard InChI is InChI=1S/C17H15Cl2FN2O4S/c1-27(24,25)22-17(23)11-6-12(18)15(7-14(11)20)26-10-5-13(19)16(21-8-10)9-3-2-4-9/h5-9H,2-4H2,1H3,(H,22,23). The van der Waals surface area contributed by atoms with Crippen LogP contribution in [0.15, 0.2) is 24.4 Å². The van der Waals surface area contributed by atoms with Gasteiger partial charge in [0.2, 0.25) is 10.0 Å². The summed E-state index contributed by atoms with van der Waals surface area (Å²) in [7, 11) is -3.84.